The fraction of sp³-hybridized carbons (Fsp3) is 0.700. The van der Waals surface area contributed by atoms with Crippen LogP contribution in [-0.2, 0) is 13.5 Å². The van der Waals surface area contributed by atoms with E-state index in [9.17, 15) is 10.1 Å². The van der Waals surface area contributed by atoms with Gasteiger partial charge in [-0.1, -0.05) is 13.8 Å². The van der Waals surface area contributed by atoms with Gasteiger partial charge in [0.25, 0.3) is 0 Å². The molecular formula is C10H18N4O2. The molecule has 6 nitrogen and oxygen atoms in total. The minimum absolute atomic E-state index is 0.0610. The molecule has 1 heterocycles. The quantitative estimate of drug-likeness (QED) is 0.604. The lowest BCUT2D eigenvalue weighted by Gasteiger charge is -2.13. The Balaban J connectivity index is 2.79. The largest absolute Gasteiger partial charge is 0.384 e. The van der Waals surface area contributed by atoms with Crippen molar-refractivity contribution in [1.29, 1.82) is 0 Å². The summed E-state index contributed by atoms with van der Waals surface area (Å²) in [6, 6.07) is -0.0610. The van der Waals surface area contributed by atoms with Crippen LogP contribution in [0.3, 0.4) is 0 Å². The van der Waals surface area contributed by atoms with Crippen LogP contribution in [-0.4, -0.2) is 20.5 Å². The fourth-order valence-corrected chi connectivity index (χ4v) is 1.77. The molecule has 2 N–H and O–H groups in total. The molecule has 0 radical (unpaired) electrons. The van der Waals surface area contributed by atoms with Crippen molar-refractivity contribution in [2.75, 3.05) is 0 Å². The van der Waals surface area contributed by atoms with Crippen LogP contribution in [0.5, 0.6) is 0 Å². The van der Waals surface area contributed by atoms with Crippen LogP contribution in [0.15, 0.2) is 6.33 Å². The number of hydrogen-bond acceptors (Lipinski definition) is 4. The average molecular weight is 226 g/mol. The van der Waals surface area contributed by atoms with Gasteiger partial charge >= 0.3 is 5.82 Å². The SMILES string of the molecule is CC(C)CC(N)Cc1c([N+](=O)[O-])ncn1C. The number of nitrogens with zero attached hydrogens (tertiary/aromatic N) is 3. The van der Waals surface area contributed by atoms with Gasteiger partial charge in [0.05, 0.1) is 0 Å². The van der Waals surface area contributed by atoms with Crippen molar-refractivity contribution in [2.45, 2.75) is 32.7 Å². The highest BCUT2D eigenvalue weighted by molar-refractivity contribution is 5.27. The minimum atomic E-state index is -0.461. The first-order valence-corrected chi connectivity index (χ1v) is 5.32. The Labute approximate surface area is 94.6 Å². The van der Waals surface area contributed by atoms with Crippen LogP contribution >= 0.6 is 0 Å². The molecule has 16 heavy (non-hydrogen) atoms. The third kappa shape index (κ3) is 3.03. The van der Waals surface area contributed by atoms with Gasteiger partial charge in [0, 0.05) is 19.5 Å². The van der Waals surface area contributed by atoms with Gasteiger partial charge in [0.1, 0.15) is 5.69 Å². The molecule has 0 spiro atoms. The average Bonchev–Trinajstić information content (AvgIpc) is 2.46. The summed E-state index contributed by atoms with van der Waals surface area (Å²) in [5.74, 6) is 0.406. The first-order valence-electron chi connectivity index (χ1n) is 5.32. The van der Waals surface area contributed by atoms with Gasteiger partial charge in [-0.2, -0.15) is 0 Å². The van der Waals surface area contributed by atoms with E-state index >= 15 is 0 Å². The molecule has 0 bridgehead atoms. The zero-order valence-electron chi connectivity index (χ0n) is 9.88. The number of aromatic nitrogens is 2. The van der Waals surface area contributed by atoms with Crippen LogP contribution in [0.1, 0.15) is 26.0 Å². The highest BCUT2D eigenvalue weighted by Gasteiger charge is 2.21. The van der Waals surface area contributed by atoms with E-state index < -0.39 is 4.92 Å². The molecule has 0 fully saturated rings. The van der Waals surface area contributed by atoms with Crippen molar-refractivity contribution in [3.63, 3.8) is 0 Å². The van der Waals surface area contributed by atoms with Gasteiger partial charge in [0.15, 0.2) is 0 Å². The predicted molar refractivity (Wildman–Crippen MR) is 61.0 cm³/mol. The van der Waals surface area contributed by atoms with E-state index in [0.717, 1.165) is 6.42 Å². The Morgan fingerprint density at radius 3 is 2.75 bits per heavy atom. The lowest BCUT2D eigenvalue weighted by Crippen LogP contribution is -2.26. The summed E-state index contributed by atoms with van der Waals surface area (Å²) in [5, 5.41) is 10.7. The standard InChI is InChI=1S/C10H18N4O2/c1-7(2)4-8(11)5-9-10(14(15)16)12-6-13(9)3/h6-8H,4-5,11H2,1-3H3. The summed E-state index contributed by atoms with van der Waals surface area (Å²) in [5.41, 5.74) is 6.54. The molecule has 1 aromatic heterocycles. The van der Waals surface area contributed by atoms with E-state index in [1.807, 2.05) is 0 Å². The lowest BCUT2D eigenvalue weighted by atomic mass is 10.0. The van der Waals surface area contributed by atoms with E-state index in [2.05, 4.69) is 18.8 Å². The maximum Gasteiger partial charge on any atom is 0.384 e. The highest BCUT2D eigenvalue weighted by Crippen LogP contribution is 2.18. The second-order valence-electron chi connectivity index (χ2n) is 4.48. The second kappa shape index (κ2) is 5.07. The number of rotatable bonds is 5. The molecule has 1 unspecified atom stereocenters. The monoisotopic (exact) mass is 226 g/mol. The Hall–Kier alpha value is -1.43. The Kier molecular flexibility index (Phi) is 4.00. The van der Waals surface area contributed by atoms with E-state index in [1.54, 1.807) is 11.6 Å². The first-order chi connectivity index (χ1) is 7.41. The van der Waals surface area contributed by atoms with Gasteiger partial charge in [-0.15, -0.1) is 0 Å². The van der Waals surface area contributed by atoms with Gasteiger partial charge < -0.3 is 20.4 Å². The third-order valence-electron chi connectivity index (χ3n) is 2.44. The first kappa shape index (κ1) is 12.6. The van der Waals surface area contributed by atoms with Crippen LogP contribution in [0, 0.1) is 16.0 Å². The minimum Gasteiger partial charge on any atom is -0.358 e. The lowest BCUT2D eigenvalue weighted by molar-refractivity contribution is -0.390. The highest BCUT2D eigenvalue weighted by atomic mass is 16.6. The molecular weight excluding hydrogens is 208 g/mol. The molecule has 0 saturated carbocycles. The van der Waals surface area contributed by atoms with Gasteiger partial charge in [-0.05, 0) is 22.2 Å². The van der Waals surface area contributed by atoms with E-state index in [1.165, 1.54) is 6.33 Å². The summed E-state index contributed by atoms with van der Waals surface area (Å²) in [4.78, 5) is 14.0. The Morgan fingerprint density at radius 2 is 2.25 bits per heavy atom. The summed E-state index contributed by atoms with van der Waals surface area (Å²) in [6.45, 7) is 4.16. The number of nitro groups is 1. The zero-order valence-corrected chi connectivity index (χ0v) is 9.88. The molecule has 90 valence electrons. The maximum absolute atomic E-state index is 10.7. The van der Waals surface area contributed by atoms with Crippen molar-refractivity contribution < 1.29 is 4.92 Å². The fourth-order valence-electron chi connectivity index (χ4n) is 1.77. The van der Waals surface area contributed by atoms with E-state index in [-0.39, 0.29) is 11.9 Å². The predicted octanol–water partition coefficient (Wildman–Crippen LogP) is 1.24. The van der Waals surface area contributed by atoms with Gasteiger partial charge in [-0.25, -0.2) is 0 Å². The molecule has 1 atom stereocenters. The molecule has 0 aliphatic heterocycles. The summed E-state index contributed by atoms with van der Waals surface area (Å²) in [6.07, 6.45) is 2.79. The van der Waals surface area contributed by atoms with Crippen LogP contribution < -0.4 is 5.73 Å². The molecule has 1 aromatic rings. The molecule has 0 aromatic carbocycles. The molecule has 0 saturated heterocycles. The number of aryl methyl sites for hydroxylation is 1. The van der Waals surface area contributed by atoms with Gasteiger partial charge in [0.2, 0.25) is 6.33 Å². The molecule has 1 rings (SSSR count). The third-order valence-corrected chi connectivity index (χ3v) is 2.44. The van der Waals surface area contributed by atoms with Gasteiger partial charge in [-0.3, -0.25) is 0 Å². The summed E-state index contributed by atoms with van der Waals surface area (Å²) in [7, 11) is 1.75. The number of imidazole rings is 1. The number of nitrogens with two attached hydrogens (primary N) is 1. The normalized spacial score (nSPS) is 13.1. The summed E-state index contributed by atoms with van der Waals surface area (Å²) < 4.78 is 1.66. The van der Waals surface area contributed by atoms with E-state index in [4.69, 9.17) is 5.73 Å². The Morgan fingerprint density at radius 1 is 1.62 bits per heavy atom. The molecule has 6 heteroatoms. The van der Waals surface area contributed by atoms with Crippen molar-refractivity contribution in [1.82, 2.24) is 9.55 Å². The van der Waals surface area contributed by atoms with Crippen molar-refractivity contribution in [3.8, 4) is 0 Å². The molecule has 0 aliphatic rings. The van der Waals surface area contributed by atoms with Crippen LogP contribution in [0.4, 0.5) is 5.82 Å². The zero-order chi connectivity index (χ0) is 12.3. The Bertz CT molecular complexity index is 373. The molecule has 0 aliphatic carbocycles. The maximum atomic E-state index is 10.7. The van der Waals surface area contributed by atoms with Crippen molar-refractivity contribution in [2.24, 2.45) is 18.7 Å². The van der Waals surface area contributed by atoms with Crippen molar-refractivity contribution in [3.05, 3.63) is 22.1 Å². The van der Waals surface area contributed by atoms with Crippen LogP contribution in [0.2, 0.25) is 0 Å². The summed E-state index contributed by atoms with van der Waals surface area (Å²) >= 11 is 0. The topological polar surface area (TPSA) is 87.0 Å². The van der Waals surface area contributed by atoms with Crippen LogP contribution in [0.25, 0.3) is 0 Å². The molecule has 0 amide bonds. The smallest absolute Gasteiger partial charge is 0.358 e. The number of hydrogen-bond donors (Lipinski definition) is 1. The van der Waals surface area contributed by atoms with E-state index in [0.29, 0.717) is 18.0 Å². The second-order valence-corrected chi connectivity index (χ2v) is 4.48. The van der Waals surface area contributed by atoms with Crippen molar-refractivity contribution >= 4 is 5.82 Å².